The SMILES string of the molecule is O=C1/C(=C/c2cn(Cc3ccccc3)c3ccccc23)NC(=S)N1c1ccccc1. The number of anilines is 1. The number of thiocarbonyl (C=S) groups is 1. The molecule has 2 heterocycles. The van der Waals surface area contributed by atoms with Gasteiger partial charge < -0.3 is 9.88 Å². The molecule has 1 amide bonds. The van der Waals surface area contributed by atoms with Gasteiger partial charge in [0.1, 0.15) is 5.70 Å². The van der Waals surface area contributed by atoms with Gasteiger partial charge in [-0.3, -0.25) is 9.69 Å². The van der Waals surface area contributed by atoms with Crippen molar-refractivity contribution in [2.45, 2.75) is 6.54 Å². The maximum atomic E-state index is 13.1. The first-order chi connectivity index (χ1) is 14.7. The van der Waals surface area contributed by atoms with Gasteiger partial charge in [0.2, 0.25) is 0 Å². The van der Waals surface area contributed by atoms with Crippen LogP contribution in [0, 0.1) is 0 Å². The predicted molar refractivity (Wildman–Crippen MR) is 125 cm³/mol. The molecule has 0 aliphatic carbocycles. The highest BCUT2D eigenvalue weighted by Gasteiger charge is 2.32. The zero-order chi connectivity index (χ0) is 20.5. The molecule has 0 saturated carbocycles. The number of benzene rings is 3. The zero-order valence-corrected chi connectivity index (χ0v) is 17.0. The van der Waals surface area contributed by atoms with Gasteiger partial charge in [-0.2, -0.15) is 0 Å². The second-order valence-corrected chi connectivity index (χ2v) is 7.57. The van der Waals surface area contributed by atoms with Crippen LogP contribution in [0.1, 0.15) is 11.1 Å². The van der Waals surface area contributed by atoms with Gasteiger partial charge in [0.25, 0.3) is 5.91 Å². The van der Waals surface area contributed by atoms with Crippen LogP contribution in [0.15, 0.2) is 96.8 Å². The lowest BCUT2D eigenvalue weighted by Crippen LogP contribution is -2.30. The smallest absolute Gasteiger partial charge is 0.281 e. The van der Waals surface area contributed by atoms with E-state index < -0.39 is 0 Å². The summed E-state index contributed by atoms with van der Waals surface area (Å²) in [7, 11) is 0. The highest BCUT2D eigenvalue weighted by Crippen LogP contribution is 2.27. The average molecular weight is 410 g/mol. The monoisotopic (exact) mass is 409 g/mol. The van der Waals surface area contributed by atoms with Crippen LogP contribution in [-0.2, 0) is 11.3 Å². The Morgan fingerprint density at radius 2 is 1.53 bits per heavy atom. The van der Waals surface area contributed by atoms with Crippen LogP contribution in [0.4, 0.5) is 5.69 Å². The molecule has 1 aromatic heterocycles. The molecule has 5 rings (SSSR count). The van der Waals surface area contributed by atoms with Gasteiger partial charge in [-0.1, -0.05) is 66.7 Å². The van der Waals surface area contributed by atoms with Crippen LogP contribution >= 0.6 is 12.2 Å². The zero-order valence-electron chi connectivity index (χ0n) is 16.2. The first-order valence-electron chi connectivity index (χ1n) is 9.75. The molecule has 1 aliphatic heterocycles. The van der Waals surface area contributed by atoms with E-state index in [-0.39, 0.29) is 5.91 Å². The fraction of sp³-hybridized carbons (Fsp3) is 0.0400. The first-order valence-corrected chi connectivity index (χ1v) is 10.2. The molecule has 0 radical (unpaired) electrons. The third kappa shape index (κ3) is 3.29. The van der Waals surface area contributed by atoms with Gasteiger partial charge in [-0.05, 0) is 42.1 Å². The molecule has 4 aromatic rings. The molecule has 146 valence electrons. The molecule has 1 fully saturated rings. The minimum Gasteiger partial charge on any atom is -0.342 e. The molecule has 0 bridgehead atoms. The first kappa shape index (κ1) is 18.3. The van der Waals surface area contributed by atoms with Crippen molar-refractivity contribution in [3.8, 4) is 0 Å². The van der Waals surface area contributed by atoms with E-state index in [1.165, 1.54) is 10.5 Å². The van der Waals surface area contributed by atoms with Crippen molar-refractivity contribution in [2.24, 2.45) is 0 Å². The lowest BCUT2D eigenvalue weighted by Gasteiger charge is -2.13. The Balaban J connectivity index is 1.53. The van der Waals surface area contributed by atoms with Crippen LogP contribution in [0.2, 0.25) is 0 Å². The van der Waals surface area contributed by atoms with E-state index >= 15 is 0 Å². The van der Waals surface area contributed by atoms with Crippen molar-refractivity contribution in [3.05, 3.63) is 108 Å². The van der Waals surface area contributed by atoms with Crippen molar-refractivity contribution in [3.63, 3.8) is 0 Å². The Bertz CT molecular complexity index is 1280. The van der Waals surface area contributed by atoms with E-state index in [4.69, 9.17) is 12.2 Å². The summed E-state index contributed by atoms with van der Waals surface area (Å²) in [6.45, 7) is 0.764. The van der Waals surface area contributed by atoms with Gasteiger partial charge in [0.05, 0.1) is 5.69 Å². The third-order valence-corrected chi connectivity index (χ3v) is 5.49. The van der Waals surface area contributed by atoms with E-state index in [1.807, 2.05) is 66.7 Å². The summed E-state index contributed by atoms with van der Waals surface area (Å²) in [5, 5.41) is 4.57. The number of hydrogen-bond acceptors (Lipinski definition) is 2. The molecule has 1 saturated heterocycles. The summed E-state index contributed by atoms with van der Waals surface area (Å²) in [6.07, 6.45) is 3.98. The van der Waals surface area contributed by atoms with Crippen LogP contribution in [0.25, 0.3) is 17.0 Å². The second-order valence-electron chi connectivity index (χ2n) is 7.18. The Morgan fingerprint density at radius 3 is 2.30 bits per heavy atom. The van der Waals surface area contributed by atoms with Crippen LogP contribution in [-0.4, -0.2) is 15.6 Å². The number of rotatable bonds is 4. The molecule has 0 spiro atoms. The maximum absolute atomic E-state index is 13.1. The highest BCUT2D eigenvalue weighted by atomic mass is 32.1. The largest absolute Gasteiger partial charge is 0.342 e. The van der Waals surface area contributed by atoms with E-state index in [0.717, 1.165) is 28.7 Å². The Hall–Kier alpha value is -3.70. The maximum Gasteiger partial charge on any atom is 0.281 e. The number of aromatic nitrogens is 1. The fourth-order valence-electron chi connectivity index (χ4n) is 3.80. The highest BCUT2D eigenvalue weighted by molar-refractivity contribution is 7.80. The van der Waals surface area contributed by atoms with Crippen LogP contribution in [0.5, 0.6) is 0 Å². The lowest BCUT2D eigenvalue weighted by atomic mass is 10.1. The van der Waals surface area contributed by atoms with Crippen LogP contribution < -0.4 is 10.2 Å². The lowest BCUT2D eigenvalue weighted by molar-refractivity contribution is -0.113. The van der Waals surface area contributed by atoms with Crippen molar-refractivity contribution in [1.82, 2.24) is 9.88 Å². The summed E-state index contributed by atoms with van der Waals surface area (Å²) in [4.78, 5) is 14.6. The van der Waals surface area contributed by atoms with Crippen molar-refractivity contribution in [1.29, 1.82) is 0 Å². The molecule has 30 heavy (non-hydrogen) atoms. The molecular formula is C25H19N3OS. The Kier molecular flexibility index (Phi) is 4.65. The molecular weight excluding hydrogens is 390 g/mol. The fourth-order valence-corrected chi connectivity index (χ4v) is 4.10. The second kappa shape index (κ2) is 7.61. The minimum absolute atomic E-state index is 0.147. The van der Waals surface area contributed by atoms with Gasteiger partial charge in [0.15, 0.2) is 5.11 Å². The van der Waals surface area contributed by atoms with Crippen LogP contribution in [0.3, 0.4) is 0 Å². The topological polar surface area (TPSA) is 37.3 Å². The molecule has 4 nitrogen and oxygen atoms in total. The Labute approximate surface area is 180 Å². The summed E-state index contributed by atoms with van der Waals surface area (Å²) in [5.74, 6) is -0.147. The van der Waals surface area contributed by atoms with E-state index in [2.05, 4.69) is 40.3 Å². The number of nitrogens with zero attached hydrogens (tertiary/aromatic N) is 2. The normalized spacial score (nSPS) is 15.2. The predicted octanol–water partition coefficient (Wildman–Crippen LogP) is 4.95. The quantitative estimate of drug-likeness (QED) is 0.383. The summed E-state index contributed by atoms with van der Waals surface area (Å²) < 4.78 is 2.21. The third-order valence-electron chi connectivity index (χ3n) is 5.21. The van der Waals surface area contributed by atoms with Gasteiger partial charge >= 0.3 is 0 Å². The van der Waals surface area contributed by atoms with E-state index in [1.54, 1.807) is 0 Å². The number of carbonyl (C=O) groups excluding carboxylic acids is 1. The number of carbonyl (C=O) groups is 1. The van der Waals surface area contributed by atoms with Crippen molar-refractivity contribution >= 4 is 45.9 Å². The molecule has 1 aliphatic rings. The number of amides is 1. The minimum atomic E-state index is -0.147. The van der Waals surface area contributed by atoms with Crippen molar-refractivity contribution < 1.29 is 4.79 Å². The summed E-state index contributed by atoms with van der Waals surface area (Å²) >= 11 is 5.43. The Morgan fingerprint density at radius 1 is 0.867 bits per heavy atom. The molecule has 3 aromatic carbocycles. The number of para-hydroxylation sites is 2. The summed E-state index contributed by atoms with van der Waals surface area (Å²) in [5.41, 5.74) is 4.57. The molecule has 0 unspecified atom stereocenters. The van der Waals surface area contributed by atoms with Gasteiger partial charge in [-0.15, -0.1) is 0 Å². The number of fused-ring (bicyclic) bond motifs is 1. The standard InChI is InChI=1S/C25H19N3OS/c29-24-22(26-25(30)28(24)20-11-5-2-6-12-20)15-19-17-27(16-18-9-3-1-4-10-18)23-14-8-7-13-21(19)23/h1-15,17H,16H2,(H,26,30)/b22-15-. The number of hydrogen-bond donors (Lipinski definition) is 1. The van der Waals surface area contributed by atoms with E-state index in [9.17, 15) is 4.79 Å². The molecule has 5 heteroatoms. The van der Waals surface area contributed by atoms with E-state index in [0.29, 0.717) is 10.8 Å². The average Bonchev–Trinajstić information content (AvgIpc) is 3.26. The molecule has 1 N–H and O–H groups in total. The van der Waals surface area contributed by atoms with Gasteiger partial charge in [-0.25, -0.2) is 0 Å². The number of nitrogens with one attached hydrogen (secondary N) is 1. The molecule has 0 atom stereocenters. The summed E-state index contributed by atoms with van der Waals surface area (Å²) in [6, 6.07) is 28.0. The van der Waals surface area contributed by atoms with Crippen molar-refractivity contribution in [2.75, 3.05) is 4.90 Å². The van der Waals surface area contributed by atoms with Gasteiger partial charge in [0, 0.05) is 29.2 Å².